The number of benzene rings is 1. The lowest BCUT2D eigenvalue weighted by molar-refractivity contribution is 0.735. The molecule has 1 N–H and O–H groups in total. The molecule has 0 bridgehead atoms. The number of aryl methyl sites for hydroxylation is 2. The number of nitrogens with one attached hydrogen (secondary N) is 1. The molecule has 7 heteroatoms. The van der Waals surface area contributed by atoms with Crippen LogP contribution < -0.4 is 0 Å². The van der Waals surface area contributed by atoms with Crippen molar-refractivity contribution in [1.29, 1.82) is 0 Å². The van der Waals surface area contributed by atoms with Crippen molar-refractivity contribution in [3.8, 4) is 5.69 Å². The number of hydrogen-bond donors (Lipinski definition) is 1. The number of aromatic amines is 1. The average Bonchev–Trinajstić information content (AvgIpc) is 2.90. The number of hydrogen-bond acceptors (Lipinski definition) is 2. The van der Waals surface area contributed by atoms with Gasteiger partial charge in [-0.25, -0.2) is 4.68 Å². The van der Waals surface area contributed by atoms with Crippen LogP contribution in [0.3, 0.4) is 0 Å². The number of nitrogens with zero attached hydrogens (tertiary/aromatic N) is 3. The van der Waals surface area contributed by atoms with E-state index in [9.17, 15) is 0 Å². The first-order valence-corrected chi connectivity index (χ1v) is 8.65. The maximum atomic E-state index is 5.54. The van der Waals surface area contributed by atoms with Crippen LogP contribution >= 0.6 is 44.1 Å². The van der Waals surface area contributed by atoms with Crippen LogP contribution in [-0.2, 0) is 13.5 Å². The van der Waals surface area contributed by atoms with Crippen molar-refractivity contribution in [2.75, 3.05) is 0 Å². The number of aromatic nitrogens is 4. The van der Waals surface area contributed by atoms with Gasteiger partial charge in [0.15, 0.2) is 10.4 Å². The van der Waals surface area contributed by atoms with E-state index in [2.05, 4.69) is 48.9 Å². The van der Waals surface area contributed by atoms with Gasteiger partial charge in [0.2, 0.25) is 0 Å². The highest BCUT2D eigenvalue weighted by atomic mass is 79.9. The molecule has 0 spiro atoms. The zero-order valence-corrected chi connectivity index (χ0v) is 15.6. The summed E-state index contributed by atoms with van der Waals surface area (Å²) in [5, 5.41) is 4.61. The van der Waals surface area contributed by atoms with Crippen molar-refractivity contribution in [3.63, 3.8) is 0 Å². The molecule has 110 valence electrons. The van der Waals surface area contributed by atoms with Gasteiger partial charge in [-0.2, -0.15) is 5.10 Å². The zero-order chi connectivity index (χ0) is 15.1. The minimum absolute atomic E-state index is 0.669. The fraction of sp³-hybridized carbons (Fsp3) is 0.286. The Balaban J connectivity index is 2.39. The molecular formula is C14H14Br2N4S. The van der Waals surface area contributed by atoms with E-state index in [1.165, 1.54) is 0 Å². The van der Waals surface area contributed by atoms with Crippen LogP contribution in [0.1, 0.15) is 19.0 Å². The average molecular weight is 430 g/mol. The van der Waals surface area contributed by atoms with Crippen molar-refractivity contribution in [2.24, 2.45) is 7.05 Å². The summed E-state index contributed by atoms with van der Waals surface area (Å²) in [6.45, 7) is 2.15. The van der Waals surface area contributed by atoms with E-state index in [1.54, 1.807) is 0 Å². The molecule has 0 fully saturated rings. The summed E-state index contributed by atoms with van der Waals surface area (Å²) in [7, 11) is 1.95. The predicted octanol–water partition coefficient (Wildman–Crippen LogP) is 4.90. The Kier molecular flexibility index (Phi) is 4.07. The van der Waals surface area contributed by atoms with Gasteiger partial charge < -0.3 is 4.98 Å². The Bertz CT molecular complexity index is 855. The highest BCUT2D eigenvalue weighted by Gasteiger charge is 2.18. The van der Waals surface area contributed by atoms with Crippen molar-refractivity contribution in [3.05, 3.63) is 37.6 Å². The van der Waals surface area contributed by atoms with Crippen LogP contribution in [0.2, 0.25) is 0 Å². The largest absolute Gasteiger partial charge is 0.327 e. The standard InChI is InChI=1S/C14H14Br2N4S/c1-3-5-10-11-13(19(2)18-10)20(14(21)17-11)12-8(15)6-4-7-9(12)16/h4,6-7H,3,5H2,1-2H3,(H,17,21). The smallest absolute Gasteiger partial charge is 0.184 e. The van der Waals surface area contributed by atoms with Crippen LogP contribution in [0.15, 0.2) is 27.1 Å². The lowest BCUT2D eigenvalue weighted by Gasteiger charge is -2.09. The summed E-state index contributed by atoms with van der Waals surface area (Å²) in [4.78, 5) is 3.31. The highest BCUT2D eigenvalue weighted by Crippen LogP contribution is 2.32. The topological polar surface area (TPSA) is 38.5 Å². The molecule has 21 heavy (non-hydrogen) atoms. The van der Waals surface area contributed by atoms with Crippen LogP contribution in [0.25, 0.3) is 16.9 Å². The van der Waals surface area contributed by atoms with Gasteiger partial charge in [0.25, 0.3) is 0 Å². The zero-order valence-electron chi connectivity index (χ0n) is 11.7. The predicted molar refractivity (Wildman–Crippen MR) is 94.6 cm³/mol. The molecule has 0 radical (unpaired) electrons. The van der Waals surface area contributed by atoms with E-state index in [0.717, 1.165) is 44.3 Å². The molecule has 2 heterocycles. The summed E-state index contributed by atoms with van der Waals surface area (Å²) < 4.78 is 6.53. The van der Waals surface area contributed by atoms with Crippen molar-refractivity contribution < 1.29 is 0 Å². The number of imidazole rings is 1. The van der Waals surface area contributed by atoms with E-state index < -0.39 is 0 Å². The van der Waals surface area contributed by atoms with Crippen LogP contribution in [0.4, 0.5) is 0 Å². The first-order valence-electron chi connectivity index (χ1n) is 6.65. The molecule has 2 aromatic heterocycles. The molecule has 4 nitrogen and oxygen atoms in total. The molecule has 0 atom stereocenters. The monoisotopic (exact) mass is 428 g/mol. The van der Waals surface area contributed by atoms with E-state index in [-0.39, 0.29) is 0 Å². The molecule has 0 saturated carbocycles. The summed E-state index contributed by atoms with van der Waals surface area (Å²) in [6.07, 6.45) is 1.99. The molecule has 0 unspecified atom stereocenters. The molecule has 0 aliphatic rings. The van der Waals surface area contributed by atoms with E-state index >= 15 is 0 Å². The minimum atomic E-state index is 0.669. The first kappa shape index (κ1) is 15.0. The second-order valence-electron chi connectivity index (χ2n) is 4.85. The lowest BCUT2D eigenvalue weighted by atomic mass is 10.2. The Morgan fingerprint density at radius 2 is 1.95 bits per heavy atom. The van der Waals surface area contributed by atoms with Crippen LogP contribution in [-0.4, -0.2) is 19.3 Å². The van der Waals surface area contributed by atoms with Gasteiger partial charge in [0.1, 0.15) is 5.52 Å². The van der Waals surface area contributed by atoms with Crippen molar-refractivity contribution in [1.82, 2.24) is 19.3 Å². The molecule has 0 aliphatic carbocycles. The molecule has 3 aromatic rings. The lowest BCUT2D eigenvalue weighted by Crippen LogP contribution is -2.02. The van der Waals surface area contributed by atoms with E-state index in [4.69, 9.17) is 12.2 Å². The number of rotatable bonds is 3. The Hall–Kier alpha value is -0.920. The normalized spacial score (nSPS) is 11.4. The summed E-state index contributed by atoms with van der Waals surface area (Å²) in [5.41, 5.74) is 4.05. The van der Waals surface area contributed by atoms with Crippen LogP contribution in [0, 0.1) is 4.77 Å². The summed E-state index contributed by atoms with van der Waals surface area (Å²) in [6, 6.07) is 5.99. The van der Waals surface area contributed by atoms with Crippen LogP contribution in [0.5, 0.6) is 0 Å². The van der Waals surface area contributed by atoms with Gasteiger partial charge in [0, 0.05) is 16.0 Å². The van der Waals surface area contributed by atoms with Gasteiger partial charge in [-0.3, -0.25) is 4.57 Å². The second kappa shape index (κ2) is 5.70. The van der Waals surface area contributed by atoms with Gasteiger partial charge in [0.05, 0.1) is 11.4 Å². The van der Waals surface area contributed by atoms with Gasteiger partial charge in [-0.1, -0.05) is 19.4 Å². The quantitative estimate of drug-likeness (QED) is 0.601. The second-order valence-corrected chi connectivity index (χ2v) is 6.95. The third-order valence-electron chi connectivity index (χ3n) is 3.38. The highest BCUT2D eigenvalue weighted by molar-refractivity contribution is 9.11. The van der Waals surface area contributed by atoms with Crippen molar-refractivity contribution >= 4 is 55.2 Å². The SMILES string of the molecule is CCCc1nn(C)c2c1[nH]c(=S)n2-c1c(Br)cccc1Br. The summed E-state index contributed by atoms with van der Waals surface area (Å²) >= 11 is 12.8. The van der Waals surface area contributed by atoms with Crippen molar-refractivity contribution in [2.45, 2.75) is 19.8 Å². The summed E-state index contributed by atoms with van der Waals surface area (Å²) in [5.74, 6) is 0. The number of H-pyrrole nitrogens is 1. The number of fused-ring (bicyclic) bond motifs is 1. The van der Waals surface area contributed by atoms with Gasteiger partial charge in [-0.15, -0.1) is 0 Å². The maximum absolute atomic E-state index is 5.54. The fourth-order valence-electron chi connectivity index (χ4n) is 2.53. The van der Waals surface area contributed by atoms with Gasteiger partial charge >= 0.3 is 0 Å². The number of halogens is 2. The molecule has 0 amide bonds. The van der Waals surface area contributed by atoms with E-state index in [0.29, 0.717) is 4.77 Å². The Labute approximate surface area is 144 Å². The Morgan fingerprint density at radius 1 is 1.29 bits per heavy atom. The fourth-order valence-corrected chi connectivity index (χ4v) is 4.17. The molecule has 0 aliphatic heterocycles. The third kappa shape index (κ3) is 2.41. The Morgan fingerprint density at radius 3 is 2.57 bits per heavy atom. The molecule has 1 aromatic carbocycles. The first-order chi connectivity index (χ1) is 10.0. The molecule has 0 saturated heterocycles. The molecular weight excluding hydrogens is 416 g/mol. The van der Waals surface area contributed by atoms with Gasteiger partial charge in [-0.05, 0) is 62.6 Å². The third-order valence-corrected chi connectivity index (χ3v) is 4.95. The maximum Gasteiger partial charge on any atom is 0.184 e. The molecule has 3 rings (SSSR count). The minimum Gasteiger partial charge on any atom is -0.327 e. The van der Waals surface area contributed by atoms with E-state index in [1.807, 2.05) is 34.5 Å². The number of para-hydroxylation sites is 1.